The van der Waals surface area contributed by atoms with Gasteiger partial charge in [-0.05, 0) is 91.3 Å². The first-order chi connectivity index (χ1) is 25.2. The summed E-state index contributed by atoms with van der Waals surface area (Å²) in [6, 6.07) is 53.4. The van der Waals surface area contributed by atoms with Gasteiger partial charge < -0.3 is 0 Å². The molecule has 0 fully saturated rings. The van der Waals surface area contributed by atoms with Crippen molar-refractivity contribution in [2.24, 2.45) is 0 Å². The van der Waals surface area contributed by atoms with Gasteiger partial charge in [0.25, 0.3) is 0 Å². The highest BCUT2D eigenvalue weighted by Crippen LogP contribution is 2.45. The van der Waals surface area contributed by atoms with Crippen LogP contribution >= 0.6 is 22.7 Å². The molecule has 0 amide bonds. The summed E-state index contributed by atoms with van der Waals surface area (Å²) in [6.07, 6.45) is 1.74. The van der Waals surface area contributed by atoms with Crippen LogP contribution in [0.25, 0.3) is 106 Å². The molecule has 0 radical (unpaired) electrons. The Labute approximate surface area is 301 Å². The van der Waals surface area contributed by atoms with E-state index in [1.807, 2.05) is 11.3 Å². The second-order valence-electron chi connectivity index (χ2n) is 13.3. The third kappa shape index (κ3) is 4.27. The van der Waals surface area contributed by atoms with E-state index in [-0.39, 0.29) is 0 Å². The van der Waals surface area contributed by atoms with E-state index in [0.717, 1.165) is 21.5 Å². The zero-order valence-corrected chi connectivity index (χ0v) is 29.3. The standard InChI is InChI=1S/C47H28N2S2/c1-27-30(38-17-9-18-39-37-14-6-7-19-42(37)50-46(38)39)15-8-16-31(27)44-47-45(49-26-48-44)41-25-29(21-23-43(41)51-47)28-20-22-36-34-12-3-2-10-32(34)33-11-4-5-13-35(33)40(36)24-28/h2-26H,1H3. The highest BCUT2D eigenvalue weighted by molar-refractivity contribution is 7.26. The number of hydrogen-bond donors (Lipinski definition) is 0. The minimum absolute atomic E-state index is 0.995. The smallest absolute Gasteiger partial charge is 0.116 e. The lowest BCUT2D eigenvalue weighted by Crippen LogP contribution is -1.92. The summed E-state index contributed by atoms with van der Waals surface area (Å²) in [7, 11) is 0. The Bertz CT molecular complexity index is 3190. The highest BCUT2D eigenvalue weighted by Gasteiger charge is 2.19. The topological polar surface area (TPSA) is 25.8 Å². The Morgan fingerprint density at radius 2 is 0.941 bits per heavy atom. The number of aromatic nitrogens is 2. The van der Waals surface area contributed by atoms with Gasteiger partial charge in [-0.25, -0.2) is 9.97 Å². The Balaban J connectivity index is 1.06. The Morgan fingerprint density at radius 1 is 0.392 bits per heavy atom. The van der Waals surface area contributed by atoms with Crippen LogP contribution < -0.4 is 0 Å². The molecule has 0 unspecified atom stereocenters. The molecule has 0 aliphatic carbocycles. The molecule has 238 valence electrons. The normalized spacial score (nSPS) is 12.0. The first-order valence-corrected chi connectivity index (χ1v) is 18.9. The van der Waals surface area contributed by atoms with E-state index in [9.17, 15) is 0 Å². The third-order valence-corrected chi connectivity index (χ3v) is 13.0. The molecule has 11 rings (SSSR count). The maximum Gasteiger partial charge on any atom is 0.116 e. The van der Waals surface area contributed by atoms with E-state index in [0.29, 0.717) is 0 Å². The van der Waals surface area contributed by atoms with Crippen molar-refractivity contribution in [1.82, 2.24) is 9.97 Å². The second kappa shape index (κ2) is 11.0. The number of hydrogen-bond acceptors (Lipinski definition) is 4. The van der Waals surface area contributed by atoms with Crippen LogP contribution in [0.1, 0.15) is 5.56 Å². The molecule has 11 aromatic rings. The zero-order chi connectivity index (χ0) is 33.6. The summed E-state index contributed by atoms with van der Waals surface area (Å²) in [5, 5.41) is 11.5. The summed E-state index contributed by atoms with van der Waals surface area (Å²) >= 11 is 3.66. The molecule has 3 heterocycles. The molecule has 0 saturated heterocycles. The largest absolute Gasteiger partial charge is 0.235 e. The fraction of sp³-hybridized carbons (Fsp3) is 0.0213. The maximum atomic E-state index is 4.94. The van der Waals surface area contributed by atoms with Gasteiger partial charge in [0.1, 0.15) is 6.33 Å². The average Bonchev–Trinajstić information content (AvgIpc) is 3.76. The molecular weight excluding hydrogens is 657 g/mol. The minimum atomic E-state index is 0.995. The SMILES string of the molecule is Cc1c(-c2cccc3c2sc2ccccc23)cccc1-c1ncnc2c1sc1ccc(-c3ccc4c5ccccc5c5ccccc5c4c3)cc12. The lowest BCUT2D eigenvalue weighted by atomic mass is 9.92. The molecule has 0 saturated carbocycles. The van der Waals surface area contributed by atoms with Gasteiger partial charge in [0.15, 0.2) is 0 Å². The van der Waals surface area contributed by atoms with Crippen molar-refractivity contribution in [3.8, 4) is 33.5 Å². The van der Waals surface area contributed by atoms with Crippen molar-refractivity contribution in [1.29, 1.82) is 0 Å². The maximum absolute atomic E-state index is 4.94. The van der Waals surface area contributed by atoms with E-state index in [1.54, 1.807) is 17.7 Å². The van der Waals surface area contributed by atoms with Crippen molar-refractivity contribution in [3.05, 3.63) is 157 Å². The van der Waals surface area contributed by atoms with Crippen LogP contribution in [0.2, 0.25) is 0 Å². The van der Waals surface area contributed by atoms with Crippen molar-refractivity contribution >= 4 is 95.5 Å². The highest BCUT2D eigenvalue weighted by atomic mass is 32.1. The number of fused-ring (bicyclic) bond motifs is 12. The van der Waals surface area contributed by atoms with Crippen LogP contribution in [0.4, 0.5) is 0 Å². The molecule has 3 aromatic heterocycles. The van der Waals surface area contributed by atoms with Gasteiger partial charge in [-0.1, -0.05) is 121 Å². The van der Waals surface area contributed by atoms with Gasteiger partial charge in [0, 0.05) is 35.8 Å². The van der Waals surface area contributed by atoms with Gasteiger partial charge in [0.05, 0.1) is 15.9 Å². The van der Waals surface area contributed by atoms with Gasteiger partial charge in [-0.2, -0.15) is 0 Å². The van der Waals surface area contributed by atoms with Crippen molar-refractivity contribution < 1.29 is 0 Å². The zero-order valence-electron chi connectivity index (χ0n) is 27.6. The van der Waals surface area contributed by atoms with Crippen molar-refractivity contribution in [2.45, 2.75) is 6.92 Å². The van der Waals surface area contributed by atoms with Crippen molar-refractivity contribution in [2.75, 3.05) is 0 Å². The first-order valence-electron chi connectivity index (χ1n) is 17.2. The fourth-order valence-electron chi connectivity index (χ4n) is 8.18. The molecule has 0 aliphatic heterocycles. The predicted molar refractivity (Wildman–Crippen MR) is 221 cm³/mol. The van der Waals surface area contributed by atoms with Gasteiger partial charge in [0.2, 0.25) is 0 Å². The monoisotopic (exact) mass is 684 g/mol. The molecule has 4 heteroatoms. The van der Waals surface area contributed by atoms with Crippen LogP contribution in [0, 0.1) is 6.92 Å². The Morgan fingerprint density at radius 3 is 1.73 bits per heavy atom. The summed E-state index contributed by atoms with van der Waals surface area (Å²) in [5.41, 5.74) is 9.31. The molecule has 0 N–H and O–H groups in total. The Kier molecular flexibility index (Phi) is 6.24. The molecule has 2 nitrogen and oxygen atoms in total. The number of nitrogens with zero attached hydrogens (tertiary/aromatic N) is 2. The van der Waals surface area contributed by atoms with Crippen LogP contribution in [0.3, 0.4) is 0 Å². The number of rotatable bonds is 3. The van der Waals surface area contributed by atoms with Gasteiger partial charge in [-0.3, -0.25) is 0 Å². The van der Waals surface area contributed by atoms with E-state index in [2.05, 4.69) is 153 Å². The van der Waals surface area contributed by atoms with Crippen LogP contribution in [-0.2, 0) is 0 Å². The summed E-state index contributed by atoms with van der Waals surface area (Å²) in [6.45, 7) is 2.24. The first kappa shape index (κ1) is 28.9. The quantitative estimate of drug-likeness (QED) is 0.173. The molecule has 8 aromatic carbocycles. The van der Waals surface area contributed by atoms with Gasteiger partial charge >= 0.3 is 0 Å². The molecule has 0 aliphatic rings. The summed E-state index contributed by atoms with van der Waals surface area (Å²) in [5.74, 6) is 0. The van der Waals surface area contributed by atoms with Crippen LogP contribution in [0.5, 0.6) is 0 Å². The molecular formula is C47H28N2S2. The van der Waals surface area contributed by atoms with Gasteiger partial charge in [-0.15, -0.1) is 22.7 Å². The third-order valence-electron chi connectivity index (χ3n) is 10.6. The predicted octanol–water partition coefficient (Wildman–Crippen LogP) is 14.0. The summed E-state index contributed by atoms with van der Waals surface area (Å²) in [4.78, 5) is 9.83. The average molecular weight is 685 g/mol. The number of benzene rings is 8. The molecule has 0 atom stereocenters. The molecule has 0 spiro atoms. The number of thiophene rings is 2. The van der Waals surface area contributed by atoms with E-state index in [1.165, 1.54) is 90.4 Å². The van der Waals surface area contributed by atoms with Crippen LogP contribution in [-0.4, -0.2) is 9.97 Å². The van der Waals surface area contributed by atoms with Crippen molar-refractivity contribution in [3.63, 3.8) is 0 Å². The lowest BCUT2D eigenvalue weighted by molar-refractivity contribution is 1.23. The van der Waals surface area contributed by atoms with E-state index < -0.39 is 0 Å². The lowest BCUT2D eigenvalue weighted by Gasteiger charge is -2.13. The second-order valence-corrected chi connectivity index (χ2v) is 15.4. The van der Waals surface area contributed by atoms with E-state index >= 15 is 0 Å². The molecule has 0 bridgehead atoms. The molecule has 51 heavy (non-hydrogen) atoms. The fourth-order valence-corrected chi connectivity index (χ4v) is 10.5. The summed E-state index contributed by atoms with van der Waals surface area (Å²) < 4.78 is 5.00. The van der Waals surface area contributed by atoms with Crippen LogP contribution in [0.15, 0.2) is 152 Å². The minimum Gasteiger partial charge on any atom is -0.235 e. The van der Waals surface area contributed by atoms with E-state index in [4.69, 9.17) is 9.97 Å². The Hall–Kier alpha value is -5.94.